The Bertz CT molecular complexity index is 92.4. The highest BCUT2D eigenvalue weighted by Gasteiger charge is 2.49. The highest BCUT2D eigenvalue weighted by Crippen LogP contribution is 2.54. The molecule has 2 rings (SSSR count). The van der Waals surface area contributed by atoms with Crippen LogP contribution < -0.4 is 0 Å². The fourth-order valence-corrected chi connectivity index (χ4v) is 2.41. The average Bonchev–Trinajstić information content (AvgIpc) is 2.60. The largest absolute Gasteiger partial charge is 0.396 e. The van der Waals surface area contributed by atoms with Gasteiger partial charge in [0.25, 0.3) is 0 Å². The smallest absolute Gasteiger partial charge is 0.0464 e. The number of hydrogen-bond acceptors (Lipinski definition) is 1. The molecule has 1 N–H and O–H groups in total. The molecule has 1 nitrogen and oxygen atoms in total. The van der Waals surface area contributed by atoms with Gasteiger partial charge in [0.1, 0.15) is 0 Å². The quantitative estimate of drug-likeness (QED) is 0.563. The fraction of sp³-hybridized carbons (Fsp3) is 1.00. The van der Waals surface area contributed by atoms with E-state index in [1.807, 2.05) is 0 Å². The third kappa shape index (κ3) is 0.787. The lowest BCUT2D eigenvalue weighted by Crippen LogP contribution is -1.91. The molecule has 1 unspecified atom stereocenters. The van der Waals surface area contributed by atoms with Gasteiger partial charge in [0, 0.05) is 6.61 Å². The van der Waals surface area contributed by atoms with E-state index in [4.69, 9.17) is 5.11 Å². The summed E-state index contributed by atoms with van der Waals surface area (Å²) in [6.45, 7) is 0.454. The van der Waals surface area contributed by atoms with Crippen LogP contribution >= 0.6 is 0 Å². The summed E-state index contributed by atoms with van der Waals surface area (Å²) < 4.78 is 0. The van der Waals surface area contributed by atoms with Crippen LogP contribution in [0.15, 0.2) is 0 Å². The molecule has 0 spiro atoms. The van der Waals surface area contributed by atoms with E-state index >= 15 is 0 Å². The maximum Gasteiger partial charge on any atom is 0.0464 e. The van der Waals surface area contributed by atoms with E-state index in [-0.39, 0.29) is 0 Å². The van der Waals surface area contributed by atoms with Crippen molar-refractivity contribution in [2.75, 3.05) is 6.61 Å². The molecule has 2 fully saturated rings. The first-order valence-corrected chi connectivity index (χ1v) is 4.04. The lowest BCUT2D eigenvalue weighted by molar-refractivity contribution is 0.264. The third-order valence-electron chi connectivity index (χ3n) is 3.04. The molecule has 3 atom stereocenters. The molecular weight excluding hydrogens is 112 g/mol. The van der Waals surface area contributed by atoms with Crippen LogP contribution in [0.1, 0.15) is 25.7 Å². The lowest BCUT2D eigenvalue weighted by atomic mass is 10.0. The minimum atomic E-state index is 0.454. The summed E-state index contributed by atoms with van der Waals surface area (Å²) in [5.41, 5.74) is 0. The topological polar surface area (TPSA) is 20.2 Å². The Labute approximate surface area is 56.1 Å². The zero-order valence-electron chi connectivity index (χ0n) is 5.71. The van der Waals surface area contributed by atoms with Crippen molar-refractivity contribution in [3.63, 3.8) is 0 Å². The predicted molar refractivity (Wildman–Crippen MR) is 36.0 cm³/mol. The Kier molecular flexibility index (Phi) is 1.26. The van der Waals surface area contributed by atoms with Crippen LogP contribution in [0.5, 0.6) is 0 Å². The number of aliphatic hydroxyl groups is 1. The second-order valence-electron chi connectivity index (χ2n) is 3.46. The Morgan fingerprint density at radius 2 is 1.67 bits per heavy atom. The van der Waals surface area contributed by atoms with Crippen LogP contribution in [0.25, 0.3) is 0 Å². The van der Waals surface area contributed by atoms with Crippen molar-refractivity contribution in [3.05, 3.63) is 0 Å². The molecule has 1 heteroatoms. The maximum atomic E-state index is 8.84. The van der Waals surface area contributed by atoms with Gasteiger partial charge in [-0.25, -0.2) is 0 Å². The zero-order valence-corrected chi connectivity index (χ0v) is 5.71. The van der Waals surface area contributed by atoms with Gasteiger partial charge in [0.05, 0.1) is 0 Å². The normalized spacial score (nSPS) is 48.3. The van der Waals surface area contributed by atoms with E-state index in [0.29, 0.717) is 12.5 Å². The Morgan fingerprint density at radius 1 is 1.11 bits per heavy atom. The first-order valence-electron chi connectivity index (χ1n) is 4.04. The summed E-state index contributed by atoms with van der Waals surface area (Å²) in [5, 5.41) is 8.84. The second kappa shape index (κ2) is 1.98. The lowest BCUT2D eigenvalue weighted by Gasteiger charge is -2.04. The van der Waals surface area contributed by atoms with Crippen LogP contribution in [0.3, 0.4) is 0 Å². The highest BCUT2D eigenvalue weighted by atomic mass is 16.3. The first-order chi connectivity index (χ1) is 4.43. The Morgan fingerprint density at radius 3 is 2.11 bits per heavy atom. The summed E-state index contributed by atoms with van der Waals surface area (Å²) >= 11 is 0. The molecule has 0 aromatic rings. The Balaban J connectivity index is 1.91. The van der Waals surface area contributed by atoms with Crippen molar-refractivity contribution < 1.29 is 5.11 Å². The van der Waals surface area contributed by atoms with Gasteiger partial charge in [0.15, 0.2) is 0 Å². The molecule has 0 radical (unpaired) electrons. The monoisotopic (exact) mass is 126 g/mol. The summed E-state index contributed by atoms with van der Waals surface area (Å²) in [6, 6.07) is 0. The van der Waals surface area contributed by atoms with Crippen LogP contribution in [-0.4, -0.2) is 11.7 Å². The van der Waals surface area contributed by atoms with E-state index in [0.717, 1.165) is 11.8 Å². The maximum absolute atomic E-state index is 8.84. The molecule has 2 saturated carbocycles. The van der Waals surface area contributed by atoms with Crippen LogP contribution in [0.2, 0.25) is 0 Å². The zero-order chi connectivity index (χ0) is 6.27. The van der Waals surface area contributed by atoms with Gasteiger partial charge in [-0.2, -0.15) is 0 Å². The van der Waals surface area contributed by atoms with Gasteiger partial charge in [-0.15, -0.1) is 0 Å². The van der Waals surface area contributed by atoms with Gasteiger partial charge in [0.2, 0.25) is 0 Å². The predicted octanol–water partition coefficient (Wildman–Crippen LogP) is 1.41. The molecule has 0 aromatic carbocycles. The molecular formula is C8H14O. The van der Waals surface area contributed by atoms with Crippen molar-refractivity contribution in [3.8, 4) is 0 Å². The summed E-state index contributed by atoms with van der Waals surface area (Å²) in [6.07, 6.45) is 5.63. The van der Waals surface area contributed by atoms with E-state index in [1.165, 1.54) is 25.7 Å². The molecule has 0 amide bonds. The van der Waals surface area contributed by atoms with Gasteiger partial charge in [-0.3, -0.25) is 0 Å². The molecule has 0 aromatic heterocycles. The molecule has 2 aliphatic carbocycles. The van der Waals surface area contributed by atoms with Crippen molar-refractivity contribution in [1.29, 1.82) is 0 Å². The highest BCUT2D eigenvalue weighted by molar-refractivity contribution is 4.98. The van der Waals surface area contributed by atoms with Gasteiger partial charge in [-0.1, -0.05) is 12.8 Å². The van der Waals surface area contributed by atoms with E-state index in [1.54, 1.807) is 0 Å². The fourth-order valence-electron chi connectivity index (χ4n) is 2.41. The number of rotatable bonds is 1. The molecule has 2 aliphatic rings. The summed E-state index contributed by atoms with van der Waals surface area (Å²) in [4.78, 5) is 0. The van der Waals surface area contributed by atoms with Crippen molar-refractivity contribution in [2.45, 2.75) is 25.7 Å². The van der Waals surface area contributed by atoms with Gasteiger partial charge in [-0.05, 0) is 30.6 Å². The van der Waals surface area contributed by atoms with Gasteiger partial charge >= 0.3 is 0 Å². The van der Waals surface area contributed by atoms with Crippen LogP contribution in [0.4, 0.5) is 0 Å². The minimum absolute atomic E-state index is 0.454. The number of aliphatic hydroxyl groups excluding tert-OH is 1. The van der Waals surface area contributed by atoms with Crippen LogP contribution in [-0.2, 0) is 0 Å². The third-order valence-corrected chi connectivity index (χ3v) is 3.04. The van der Waals surface area contributed by atoms with Crippen molar-refractivity contribution >= 4 is 0 Å². The van der Waals surface area contributed by atoms with Crippen molar-refractivity contribution in [2.24, 2.45) is 17.8 Å². The van der Waals surface area contributed by atoms with E-state index in [9.17, 15) is 0 Å². The van der Waals surface area contributed by atoms with Crippen molar-refractivity contribution in [1.82, 2.24) is 0 Å². The Hall–Kier alpha value is -0.0400. The second-order valence-corrected chi connectivity index (χ2v) is 3.46. The summed E-state index contributed by atoms with van der Waals surface area (Å²) in [7, 11) is 0. The molecule has 52 valence electrons. The molecule has 0 heterocycles. The molecule has 9 heavy (non-hydrogen) atoms. The SMILES string of the molecule is OCC1[C@H]2CCCC[C@@H]12. The van der Waals surface area contributed by atoms with E-state index in [2.05, 4.69) is 0 Å². The number of fused-ring (bicyclic) bond motifs is 1. The van der Waals surface area contributed by atoms with Crippen LogP contribution in [0, 0.1) is 17.8 Å². The summed E-state index contributed by atoms with van der Waals surface area (Å²) in [5.74, 6) is 2.58. The first kappa shape index (κ1) is 5.72. The molecule has 0 saturated heterocycles. The molecule has 0 bridgehead atoms. The molecule has 0 aliphatic heterocycles. The number of hydrogen-bond donors (Lipinski definition) is 1. The minimum Gasteiger partial charge on any atom is -0.396 e. The standard InChI is InChI=1S/C8H14O/c9-5-8-6-3-1-2-4-7(6)8/h6-9H,1-5H2/t6-,7+,8?. The van der Waals surface area contributed by atoms with Gasteiger partial charge < -0.3 is 5.11 Å². The average molecular weight is 126 g/mol. The van der Waals surface area contributed by atoms with E-state index < -0.39 is 0 Å².